The van der Waals surface area contributed by atoms with Gasteiger partial charge in [0.15, 0.2) is 0 Å². The molecule has 8 nitrogen and oxygen atoms in total. The minimum atomic E-state index is -4.13. The number of hydrogen-bond acceptors (Lipinski definition) is 5. The van der Waals surface area contributed by atoms with Crippen molar-refractivity contribution in [1.82, 2.24) is 9.62 Å². The first kappa shape index (κ1) is 28.6. The van der Waals surface area contributed by atoms with Crippen LogP contribution in [0.25, 0.3) is 11.1 Å². The van der Waals surface area contributed by atoms with Crippen LogP contribution in [0, 0.1) is 17.2 Å². The molecule has 1 saturated heterocycles. The molecule has 0 aliphatic carbocycles. The van der Waals surface area contributed by atoms with Gasteiger partial charge in [0.05, 0.1) is 16.5 Å². The molecule has 0 saturated carbocycles. The van der Waals surface area contributed by atoms with E-state index in [1.807, 2.05) is 12.1 Å². The van der Waals surface area contributed by atoms with Crippen LogP contribution in [-0.4, -0.2) is 48.3 Å². The van der Waals surface area contributed by atoms with Gasteiger partial charge in [0.2, 0.25) is 15.9 Å². The van der Waals surface area contributed by atoms with Crippen molar-refractivity contribution in [3.05, 3.63) is 87.9 Å². The average molecular weight is 586 g/mol. The summed E-state index contributed by atoms with van der Waals surface area (Å²) in [5.41, 5.74) is 2.73. The van der Waals surface area contributed by atoms with Gasteiger partial charge in [-0.15, -0.1) is 0 Å². The molecule has 0 aromatic heterocycles. The Morgan fingerprint density at radius 1 is 1.10 bits per heavy atom. The fourth-order valence-electron chi connectivity index (χ4n) is 4.73. The van der Waals surface area contributed by atoms with Gasteiger partial charge in [-0.2, -0.15) is 9.57 Å². The molecular weight excluding hydrogens is 561 g/mol. The SMILES string of the molecule is C[C@H]1CCN(S(=O)(=O)c2cc(Cl)cc(Cl)c2)C1C(=O)NC(Cc1ccc(-c2ccccc2C#N)cc1)C(=O)O. The van der Waals surface area contributed by atoms with Gasteiger partial charge >= 0.3 is 5.97 Å². The standard InChI is InChI=1S/C28H25Cl2N3O5S/c1-17-10-11-33(39(37,38)23-14-21(29)13-22(30)15-23)26(17)27(34)32-25(28(35)36)12-18-6-8-19(9-7-18)24-5-3-2-4-20(24)16-31/h2-9,13-15,17,25-26H,10-12H2,1H3,(H,32,34)(H,35,36)/t17-,25?,26?/m0/s1. The van der Waals surface area contributed by atoms with Crippen molar-refractivity contribution in [3.63, 3.8) is 0 Å². The van der Waals surface area contributed by atoms with Crippen LogP contribution in [0.2, 0.25) is 10.0 Å². The smallest absolute Gasteiger partial charge is 0.326 e. The Bertz CT molecular complexity index is 1530. The van der Waals surface area contributed by atoms with Crippen LogP contribution in [0.15, 0.2) is 71.6 Å². The zero-order chi connectivity index (χ0) is 28.3. The average Bonchev–Trinajstić information content (AvgIpc) is 3.30. The number of hydrogen-bond donors (Lipinski definition) is 2. The lowest BCUT2D eigenvalue weighted by Gasteiger charge is -2.27. The van der Waals surface area contributed by atoms with Crippen molar-refractivity contribution in [1.29, 1.82) is 5.26 Å². The summed E-state index contributed by atoms with van der Waals surface area (Å²) in [6, 6.07) is 17.9. The zero-order valence-electron chi connectivity index (χ0n) is 20.8. The van der Waals surface area contributed by atoms with E-state index in [-0.39, 0.29) is 33.8 Å². The van der Waals surface area contributed by atoms with Gasteiger partial charge in [-0.05, 0) is 53.3 Å². The monoisotopic (exact) mass is 585 g/mol. The summed E-state index contributed by atoms with van der Waals surface area (Å²) < 4.78 is 27.9. The van der Waals surface area contributed by atoms with Crippen LogP contribution in [0.3, 0.4) is 0 Å². The maximum atomic E-state index is 13.4. The van der Waals surface area contributed by atoms with Gasteiger partial charge in [-0.25, -0.2) is 13.2 Å². The zero-order valence-corrected chi connectivity index (χ0v) is 23.2. The first-order chi connectivity index (χ1) is 18.5. The van der Waals surface area contributed by atoms with E-state index < -0.39 is 34.0 Å². The van der Waals surface area contributed by atoms with Crippen molar-refractivity contribution in [2.75, 3.05) is 6.54 Å². The highest BCUT2D eigenvalue weighted by Crippen LogP contribution is 2.33. The molecule has 202 valence electrons. The van der Waals surface area contributed by atoms with Crippen LogP contribution >= 0.6 is 23.2 Å². The minimum Gasteiger partial charge on any atom is -0.480 e. The topological polar surface area (TPSA) is 128 Å². The van der Waals surface area contributed by atoms with E-state index in [1.165, 1.54) is 18.2 Å². The molecule has 1 heterocycles. The van der Waals surface area contributed by atoms with Crippen molar-refractivity contribution < 1.29 is 23.1 Å². The molecular formula is C28H25Cl2N3O5S. The predicted molar refractivity (Wildman–Crippen MR) is 148 cm³/mol. The fourth-order valence-corrected chi connectivity index (χ4v) is 7.16. The Labute approximate surface area is 236 Å². The summed E-state index contributed by atoms with van der Waals surface area (Å²) in [5.74, 6) is -2.28. The lowest BCUT2D eigenvalue weighted by molar-refractivity contribution is -0.142. The molecule has 0 radical (unpaired) electrons. The highest BCUT2D eigenvalue weighted by atomic mass is 35.5. The summed E-state index contributed by atoms with van der Waals surface area (Å²) in [6.07, 6.45) is 0.411. The maximum Gasteiger partial charge on any atom is 0.326 e. The second-order valence-corrected chi connectivity index (χ2v) is 12.2. The quantitative estimate of drug-likeness (QED) is 0.393. The fraction of sp³-hybridized carbons (Fsp3) is 0.250. The van der Waals surface area contributed by atoms with E-state index in [1.54, 1.807) is 43.3 Å². The van der Waals surface area contributed by atoms with Gasteiger partial charge < -0.3 is 10.4 Å². The summed E-state index contributed by atoms with van der Waals surface area (Å²) in [4.78, 5) is 25.3. The van der Waals surface area contributed by atoms with E-state index in [9.17, 15) is 28.4 Å². The number of halogens is 2. The second kappa shape index (κ2) is 11.8. The van der Waals surface area contributed by atoms with Crippen LogP contribution in [-0.2, 0) is 26.0 Å². The van der Waals surface area contributed by atoms with Crippen LogP contribution in [0.4, 0.5) is 0 Å². The molecule has 3 aromatic rings. The van der Waals surface area contributed by atoms with Crippen molar-refractivity contribution in [3.8, 4) is 17.2 Å². The summed E-state index contributed by atoms with van der Waals surface area (Å²) in [7, 11) is -4.13. The number of aliphatic carboxylic acids is 1. The number of rotatable bonds is 8. The summed E-state index contributed by atoms with van der Waals surface area (Å²) >= 11 is 12.0. The third kappa shape index (κ3) is 6.26. The van der Waals surface area contributed by atoms with E-state index in [0.717, 1.165) is 15.4 Å². The predicted octanol–water partition coefficient (Wildman–Crippen LogP) is 4.74. The third-order valence-electron chi connectivity index (χ3n) is 6.73. The van der Waals surface area contributed by atoms with Gasteiger partial charge in [0.25, 0.3) is 0 Å². The molecule has 3 atom stereocenters. The molecule has 2 N–H and O–H groups in total. The van der Waals surface area contributed by atoms with Crippen LogP contribution in [0.1, 0.15) is 24.5 Å². The molecule has 1 aliphatic heterocycles. The Morgan fingerprint density at radius 3 is 2.36 bits per heavy atom. The number of amides is 1. The molecule has 1 aliphatic rings. The molecule has 1 amide bonds. The van der Waals surface area contributed by atoms with E-state index >= 15 is 0 Å². The molecule has 11 heteroatoms. The number of carbonyl (C=O) groups is 2. The molecule has 3 aromatic carbocycles. The number of benzene rings is 3. The van der Waals surface area contributed by atoms with Crippen molar-refractivity contribution in [2.45, 2.75) is 36.7 Å². The first-order valence-corrected chi connectivity index (χ1v) is 14.3. The molecule has 0 bridgehead atoms. The first-order valence-electron chi connectivity index (χ1n) is 12.1. The van der Waals surface area contributed by atoms with E-state index in [0.29, 0.717) is 17.5 Å². The van der Waals surface area contributed by atoms with Crippen molar-refractivity contribution in [2.24, 2.45) is 5.92 Å². The van der Waals surface area contributed by atoms with Gasteiger partial charge in [-0.3, -0.25) is 4.79 Å². The Kier molecular flexibility index (Phi) is 8.62. The molecule has 1 fully saturated rings. The Morgan fingerprint density at radius 2 is 1.74 bits per heavy atom. The highest BCUT2D eigenvalue weighted by molar-refractivity contribution is 7.89. The number of carboxylic acid groups (broad SMARTS) is 1. The largest absolute Gasteiger partial charge is 0.480 e. The number of nitrogens with zero attached hydrogens (tertiary/aromatic N) is 2. The van der Waals surface area contributed by atoms with Gasteiger partial charge in [0, 0.05) is 23.0 Å². The normalized spacial score (nSPS) is 18.3. The molecule has 2 unspecified atom stereocenters. The van der Waals surface area contributed by atoms with E-state index in [2.05, 4.69) is 11.4 Å². The number of carbonyl (C=O) groups excluding carboxylic acids is 1. The van der Waals surface area contributed by atoms with Gasteiger partial charge in [-0.1, -0.05) is 72.6 Å². The summed E-state index contributed by atoms with van der Waals surface area (Å²) in [6.45, 7) is 1.84. The lowest BCUT2D eigenvalue weighted by Crippen LogP contribution is -2.53. The Balaban J connectivity index is 1.53. The van der Waals surface area contributed by atoms with Crippen LogP contribution < -0.4 is 5.32 Å². The van der Waals surface area contributed by atoms with Gasteiger partial charge in [0.1, 0.15) is 12.1 Å². The second-order valence-electron chi connectivity index (χ2n) is 9.39. The van der Waals surface area contributed by atoms with E-state index in [4.69, 9.17) is 23.2 Å². The number of sulfonamides is 1. The minimum absolute atomic E-state index is 0.0149. The molecule has 4 rings (SSSR count). The van der Waals surface area contributed by atoms with Crippen LogP contribution in [0.5, 0.6) is 0 Å². The lowest BCUT2D eigenvalue weighted by atomic mass is 9.97. The highest BCUT2D eigenvalue weighted by Gasteiger charge is 2.44. The summed E-state index contributed by atoms with van der Waals surface area (Å²) in [5, 5.41) is 22.0. The third-order valence-corrected chi connectivity index (χ3v) is 9.03. The molecule has 39 heavy (non-hydrogen) atoms. The number of nitrogens with one attached hydrogen (secondary N) is 1. The molecule has 0 spiro atoms. The number of nitriles is 1. The van der Waals surface area contributed by atoms with Crippen molar-refractivity contribution >= 4 is 45.1 Å². The maximum absolute atomic E-state index is 13.4. The number of carboxylic acids is 1. The Hall–Kier alpha value is -3.42.